The van der Waals surface area contributed by atoms with Gasteiger partial charge in [-0.3, -0.25) is 0 Å². The summed E-state index contributed by atoms with van der Waals surface area (Å²) in [6.45, 7) is 4.54. The fourth-order valence-corrected chi connectivity index (χ4v) is 1.74. The first-order valence-corrected chi connectivity index (χ1v) is 6.38. The number of allylic oxidation sites excluding steroid dienone is 1. The van der Waals surface area contributed by atoms with Gasteiger partial charge in [-0.2, -0.15) is 0 Å². The van der Waals surface area contributed by atoms with Gasteiger partial charge in [0.15, 0.2) is 0 Å². The zero-order chi connectivity index (χ0) is 10.9. The van der Waals surface area contributed by atoms with E-state index in [0.717, 1.165) is 36.9 Å². The van der Waals surface area contributed by atoms with Crippen LogP contribution in [-0.2, 0) is 6.42 Å². The topological polar surface area (TPSA) is 9.23 Å². The van der Waals surface area contributed by atoms with E-state index in [1.165, 1.54) is 5.56 Å². The van der Waals surface area contributed by atoms with Crippen molar-refractivity contribution in [1.82, 2.24) is 0 Å². The Balaban J connectivity index is 2.47. The number of rotatable bonds is 7. The Morgan fingerprint density at radius 2 is 2.07 bits per heavy atom. The summed E-state index contributed by atoms with van der Waals surface area (Å²) in [6.07, 6.45) is 5.02. The third kappa shape index (κ3) is 4.52. The van der Waals surface area contributed by atoms with Crippen LogP contribution in [-0.4, -0.2) is 11.9 Å². The first-order valence-electron chi connectivity index (χ1n) is 5.26. The number of ether oxygens (including phenoxy) is 1. The fraction of sp³-hybridized carbons (Fsp3) is 0.385. The van der Waals surface area contributed by atoms with Crippen LogP contribution in [0.1, 0.15) is 18.4 Å². The highest BCUT2D eigenvalue weighted by Crippen LogP contribution is 2.18. The van der Waals surface area contributed by atoms with E-state index in [1.807, 2.05) is 24.3 Å². The Hall–Kier alpha value is -0.760. The number of halogens is 1. The second-order valence-electron chi connectivity index (χ2n) is 3.35. The smallest absolute Gasteiger partial charge is 0.122 e. The Bertz CT molecular complexity index is 296. The number of para-hydroxylation sites is 1. The lowest BCUT2D eigenvalue weighted by Crippen LogP contribution is -2.00. The van der Waals surface area contributed by atoms with Crippen LogP contribution in [0.25, 0.3) is 0 Å². The Labute approximate surface area is 100 Å². The summed E-state index contributed by atoms with van der Waals surface area (Å²) in [7, 11) is 0. The van der Waals surface area contributed by atoms with E-state index in [1.54, 1.807) is 0 Å². The molecule has 1 nitrogen and oxygen atoms in total. The Morgan fingerprint density at radius 1 is 1.27 bits per heavy atom. The number of hydrogen-bond donors (Lipinski definition) is 0. The van der Waals surface area contributed by atoms with E-state index in [9.17, 15) is 0 Å². The lowest BCUT2D eigenvalue weighted by molar-refractivity contribution is 0.307. The molecule has 0 aliphatic heterocycles. The van der Waals surface area contributed by atoms with Gasteiger partial charge in [-0.05, 0) is 30.9 Å². The molecule has 0 atom stereocenters. The van der Waals surface area contributed by atoms with Crippen LogP contribution in [0.2, 0.25) is 0 Å². The predicted octanol–water partition coefficient (Wildman–Crippen LogP) is 3.97. The van der Waals surface area contributed by atoms with Crippen LogP contribution >= 0.6 is 15.9 Å². The molecule has 0 unspecified atom stereocenters. The molecule has 1 aromatic rings. The third-order valence-corrected chi connectivity index (χ3v) is 2.68. The summed E-state index contributed by atoms with van der Waals surface area (Å²) in [6, 6.07) is 8.14. The summed E-state index contributed by atoms with van der Waals surface area (Å²) in [4.78, 5) is 0. The summed E-state index contributed by atoms with van der Waals surface area (Å²) in [5.41, 5.74) is 1.21. The van der Waals surface area contributed by atoms with Gasteiger partial charge >= 0.3 is 0 Å². The largest absolute Gasteiger partial charge is 0.493 e. The number of hydrogen-bond acceptors (Lipinski definition) is 1. The molecule has 82 valence electrons. The standard InChI is InChI=1S/C13H17BrO/c1-2-7-12-8-3-4-9-13(12)15-11-6-5-10-14/h2-4,8-9H,1,5-7,10-11H2. The first-order chi connectivity index (χ1) is 7.38. The highest BCUT2D eigenvalue weighted by molar-refractivity contribution is 9.09. The molecule has 0 N–H and O–H groups in total. The summed E-state index contributed by atoms with van der Waals surface area (Å²) < 4.78 is 5.72. The molecule has 0 saturated carbocycles. The zero-order valence-electron chi connectivity index (χ0n) is 8.92. The van der Waals surface area contributed by atoms with Gasteiger partial charge in [0.25, 0.3) is 0 Å². The van der Waals surface area contributed by atoms with Gasteiger partial charge in [0.1, 0.15) is 5.75 Å². The van der Waals surface area contributed by atoms with Gasteiger partial charge < -0.3 is 4.74 Å². The van der Waals surface area contributed by atoms with Gasteiger partial charge in [-0.1, -0.05) is 40.2 Å². The Kier molecular flexibility index (Phi) is 6.17. The second-order valence-corrected chi connectivity index (χ2v) is 4.14. The third-order valence-electron chi connectivity index (χ3n) is 2.12. The predicted molar refractivity (Wildman–Crippen MR) is 68.9 cm³/mol. The Morgan fingerprint density at radius 3 is 2.80 bits per heavy atom. The maximum absolute atomic E-state index is 5.72. The van der Waals surface area contributed by atoms with Gasteiger partial charge in [-0.25, -0.2) is 0 Å². The SMILES string of the molecule is C=CCc1ccccc1OCCCCBr. The van der Waals surface area contributed by atoms with Crippen LogP contribution in [0.3, 0.4) is 0 Å². The molecule has 0 radical (unpaired) electrons. The van der Waals surface area contributed by atoms with Crippen molar-refractivity contribution in [2.75, 3.05) is 11.9 Å². The van der Waals surface area contributed by atoms with Crippen molar-refractivity contribution in [3.63, 3.8) is 0 Å². The van der Waals surface area contributed by atoms with Gasteiger partial charge in [0.2, 0.25) is 0 Å². The highest BCUT2D eigenvalue weighted by atomic mass is 79.9. The molecular weight excluding hydrogens is 252 g/mol. The van der Waals surface area contributed by atoms with Gasteiger partial charge in [0, 0.05) is 5.33 Å². The molecule has 0 bridgehead atoms. The van der Waals surface area contributed by atoms with E-state index in [4.69, 9.17) is 4.74 Å². The number of alkyl halides is 1. The number of unbranched alkanes of at least 4 members (excludes halogenated alkanes) is 1. The summed E-state index contributed by atoms with van der Waals surface area (Å²) >= 11 is 3.41. The molecule has 0 spiro atoms. The monoisotopic (exact) mass is 268 g/mol. The van der Waals surface area contributed by atoms with Gasteiger partial charge in [-0.15, -0.1) is 6.58 Å². The normalized spacial score (nSPS) is 9.93. The van der Waals surface area contributed by atoms with Crippen molar-refractivity contribution in [2.24, 2.45) is 0 Å². The molecule has 15 heavy (non-hydrogen) atoms. The number of benzene rings is 1. The maximum atomic E-state index is 5.72. The second kappa shape index (κ2) is 7.52. The average molecular weight is 269 g/mol. The van der Waals surface area contributed by atoms with Crippen LogP contribution in [0.5, 0.6) is 5.75 Å². The summed E-state index contributed by atoms with van der Waals surface area (Å²) in [5.74, 6) is 0.993. The fourth-order valence-electron chi connectivity index (χ4n) is 1.35. The average Bonchev–Trinajstić information content (AvgIpc) is 2.27. The zero-order valence-corrected chi connectivity index (χ0v) is 10.5. The van der Waals surface area contributed by atoms with Crippen molar-refractivity contribution in [3.05, 3.63) is 42.5 Å². The molecule has 1 aromatic carbocycles. The van der Waals surface area contributed by atoms with E-state index < -0.39 is 0 Å². The lowest BCUT2D eigenvalue weighted by atomic mass is 10.1. The van der Waals surface area contributed by atoms with Crippen LogP contribution in [0.4, 0.5) is 0 Å². The molecule has 0 aromatic heterocycles. The van der Waals surface area contributed by atoms with Gasteiger partial charge in [0.05, 0.1) is 6.61 Å². The minimum Gasteiger partial charge on any atom is -0.493 e. The van der Waals surface area contributed by atoms with Crippen molar-refractivity contribution in [1.29, 1.82) is 0 Å². The lowest BCUT2D eigenvalue weighted by Gasteiger charge is -2.09. The van der Waals surface area contributed by atoms with E-state index in [2.05, 4.69) is 28.6 Å². The van der Waals surface area contributed by atoms with Crippen molar-refractivity contribution in [3.8, 4) is 5.75 Å². The molecular formula is C13H17BrO. The van der Waals surface area contributed by atoms with Crippen molar-refractivity contribution in [2.45, 2.75) is 19.3 Å². The molecule has 0 aliphatic rings. The van der Waals surface area contributed by atoms with E-state index >= 15 is 0 Å². The van der Waals surface area contributed by atoms with Crippen LogP contribution < -0.4 is 4.74 Å². The van der Waals surface area contributed by atoms with Crippen molar-refractivity contribution >= 4 is 15.9 Å². The maximum Gasteiger partial charge on any atom is 0.122 e. The molecule has 0 saturated heterocycles. The van der Waals surface area contributed by atoms with Crippen LogP contribution in [0, 0.1) is 0 Å². The minimum atomic E-state index is 0.791. The molecule has 0 fully saturated rings. The molecule has 0 aliphatic carbocycles. The minimum absolute atomic E-state index is 0.791. The molecule has 0 amide bonds. The summed E-state index contributed by atoms with van der Waals surface area (Å²) in [5, 5.41) is 1.05. The molecule has 1 rings (SSSR count). The van der Waals surface area contributed by atoms with E-state index in [0.29, 0.717) is 0 Å². The molecule has 0 heterocycles. The highest BCUT2D eigenvalue weighted by Gasteiger charge is 2.00. The quantitative estimate of drug-likeness (QED) is 0.413. The van der Waals surface area contributed by atoms with Crippen molar-refractivity contribution < 1.29 is 4.74 Å². The van der Waals surface area contributed by atoms with E-state index in [-0.39, 0.29) is 0 Å². The first kappa shape index (κ1) is 12.3. The van der Waals surface area contributed by atoms with Crippen LogP contribution in [0.15, 0.2) is 36.9 Å². The molecule has 2 heteroatoms.